The lowest BCUT2D eigenvalue weighted by atomic mass is 9.90. The van der Waals surface area contributed by atoms with Crippen molar-refractivity contribution < 1.29 is 19.8 Å². The van der Waals surface area contributed by atoms with Gasteiger partial charge in [-0.1, -0.05) is 18.1 Å². The average molecular weight is 364 g/mol. The highest BCUT2D eigenvalue weighted by molar-refractivity contribution is 5.99. The Morgan fingerprint density at radius 2 is 1.85 bits per heavy atom. The van der Waals surface area contributed by atoms with E-state index in [9.17, 15) is 14.7 Å². The number of aliphatic hydroxyl groups is 2. The number of benzene rings is 1. The van der Waals surface area contributed by atoms with Crippen LogP contribution in [-0.4, -0.2) is 44.0 Å². The second kappa shape index (κ2) is 9.49. The first kappa shape index (κ1) is 20.1. The number of aryl methyl sites for hydroxylation is 1. The third kappa shape index (κ3) is 5.65. The molecule has 1 aromatic carbocycles. The minimum absolute atomic E-state index is 0.155. The van der Waals surface area contributed by atoms with Gasteiger partial charge in [0.05, 0.1) is 24.5 Å². The van der Waals surface area contributed by atoms with Crippen molar-refractivity contribution in [3.05, 3.63) is 53.6 Å². The standard InChI is InChI=1S/C21H20N2O4/c1-15(25)19(21(27)13-24)11-20(26)17-9-7-16(8-10-17)5-3-4-6-18-12-22-14-23(18)2/h7-10,12,14-15,19,24-25H,11,13H2,1-2H3/t15-,19+/m1/s1. The molecular formula is C21H20N2O4. The zero-order chi connectivity index (χ0) is 19.8. The van der Waals surface area contributed by atoms with Gasteiger partial charge in [0.25, 0.3) is 0 Å². The summed E-state index contributed by atoms with van der Waals surface area (Å²) >= 11 is 0. The molecule has 0 amide bonds. The monoisotopic (exact) mass is 364 g/mol. The first-order chi connectivity index (χ1) is 12.9. The maximum atomic E-state index is 12.3. The van der Waals surface area contributed by atoms with Crippen LogP contribution in [0.2, 0.25) is 0 Å². The van der Waals surface area contributed by atoms with E-state index in [-0.39, 0.29) is 12.2 Å². The van der Waals surface area contributed by atoms with Crippen molar-refractivity contribution in [3.63, 3.8) is 0 Å². The first-order valence-corrected chi connectivity index (χ1v) is 8.35. The molecule has 6 nitrogen and oxygen atoms in total. The van der Waals surface area contributed by atoms with Crippen LogP contribution in [0, 0.1) is 29.6 Å². The van der Waals surface area contributed by atoms with Gasteiger partial charge in [-0.2, -0.15) is 0 Å². The van der Waals surface area contributed by atoms with E-state index in [1.807, 2.05) is 7.05 Å². The predicted octanol–water partition coefficient (Wildman–Crippen LogP) is 0.954. The molecule has 6 heteroatoms. The van der Waals surface area contributed by atoms with E-state index in [0.29, 0.717) is 11.1 Å². The number of carbonyl (C=O) groups is 2. The second-order valence-corrected chi connectivity index (χ2v) is 6.07. The number of Topliss-reactive ketones (excluding diaryl/α,β-unsaturated/α-hetero) is 2. The van der Waals surface area contributed by atoms with Gasteiger partial charge < -0.3 is 14.8 Å². The molecule has 0 bridgehead atoms. The summed E-state index contributed by atoms with van der Waals surface area (Å²) in [6.45, 7) is 0.730. The molecule has 27 heavy (non-hydrogen) atoms. The van der Waals surface area contributed by atoms with E-state index in [4.69, 9.17) is 5.11 Å². The van der Waals surface area contributed by atoms with Gasteiger partial charge in [0.2, 0.25) is 0 Å². The van der Waals surface area contributed by atoms with Crippen LogP contribution >= 0.6 is 0 Å². The highest BCUT2D eigenvalue weighted by atomic mass is 16.3. The molecule has 2 atom stereocenters. The minimum atomic E-state index is -1.00. The summed E-state index contributed by atoms with van der Waals surface area (Å²) in [5, 5.41) is 18.6. The van der Waals surface area contributed by atoms with Gasteiger partial charge >= 0.3 is 0 Å². The fourth-order valence-corrected chi connectivity index (χ4v) is 2.40. The number of hydrogen-bond donors (Lipinski definition) is 2. The molecule has 0 unspecified atom stereocenters. The summed E-state index contributed by atoms with van der Waals surface area (Å²) in [6, 6.07) is 6.61. The zero-order valence-corrected chi connectivity index (χ0v) is 15.1. The van der Waals surface area contributed by atoms with E-state index < -0.39 is 24.4 Å². The molecule has 138 valence electrons. The average Bonchev–Trinajstić information content (AvgIpc) is 3.07. The highest BCUT2D eigenvalue weighted by Crippen LogP contribution is 2.15. The Morgan fingerprint density at radius 1 is 1.19 bits per heavy atom. The van der Waals surface area contributed by atoms with Crippen molar-refractivity contribution in [1.29, 1.82) is 0 Å². The lowest BCUT2D eigenvalue weighted by Gasteiger charge is -2.16. The number of imidazole rings is 1. The quantitative estimate of drug-likeness (QED) is 0.588. The molecule has 2 aromatic rings. The third-order valence-electron chi connectivity index (χ3n) is 4.04. The van der Waals surface area contributed by atoms with Crippen LogP contribution in [0.25, 0.3) is 0 Å². The Hall–Kier alpha value is -3.19. The molecular weight excluding hydrogens is 344 g/mol. The van der Waals surface area contributed by atoms with Gasteiger partial charge in [0.15, 0.2) is 11.6 Å². The maximum Gasteiger partial charge on any atom is 0.164 e. The van der Waals surface area contributed by atoms with Crippen LogP contribution in [0.5, 0.6) is 0 Å². The van der Waals surface area contributed by atoms with Gasteiger partial charge in [0, 0.05) is 24.6 Å². The Kier molecular flexibility index (Phi) is 7.08. The number of ketones is 2. The second-order valence-electron chi connectivity index (χ2n) is 6.07. The van der Waals surface area contributed by atoms with E-state index in [2.05, 4.69) is 28.7 Å². The number of aromatic nitrogens is 2. The molecule has 0 saturated heterocycles. The van der Waals surface area contributed by atoms with E-state index >= 15 is 0 Å². The number of hydrogen-bond acceptors (Lipinski definition) is 5. The van der Waals surface area contributed by atoms with Crippen LogP contribution in [0.3, 0.4) is 0 Å². The Bertz CT molecular complexity index is 934. The molecule has 0 radical (unpaired) electrons. The van der Waals surface area contributed by atoms with Gasteiger partial charge in [-0.15, -0.1) is 0 Å². The maximum absolute atomic E-state index is 12.3. The van der Waals surface area contributed by atoms with Crippen molar-refractivity contribution in [2.24, 2.45) is 13.0 Å². The van der Waals surface area contributed by atoms with Crippen molar-refractivity contribution in [3.8, 4) is 23.7 Å². The van der Waals surface area contributed by atoms with Gasteiger partial charge in [-0.25, -0.2) is 4.98 Å². The zero-order valence-electron chi connectivity index (χ0n) is 15.1. The van der Waals surface area contributed by atoms with Crippen LogP contribution in [-0.2, 0) is 11.8 Å². The summed E-state index contributed by atoms with van der Waals surface area (Å²) in [6.07, 6.45) is 2.15. The summed E-state index contributed by atoms with van der Waals surface area (Å²) in [7, 11) is 1.84. The van der Waals surface area contributed by atoms with Crippen LogP contribution < -0.4 is 0 Å². The number of rotatable bonds is 6. The highest BCUT2D eigenvalue weighted by Gasteiger charge is 2.26. The van der Waals surface area contributed by atoms with Gasteiger partial charge in [-0.3, -0.25) is 9.59 Å². The first-order valence-electron chi connectivity index (χ1n) is 8.35. The van der Waals surface area contributed by atoms with E-state index in [1.165, 1.54) is 6.92 Å². The molecule has 0 aliphatic carbocycles. The lowest BCUT2D eigenvalue weighted by Crippen LogP contribution is -2.30. The molecule has 0 aliphatic heterocycles. The van der Waals surface area contributed by atoms with Crippen LogP contribution in [0.1, 0.15) is 35.0 Å². The summed E-state index contributed by atoms with van der Waals surface area (Å²) in [4.78, 5) is 27.9. The minimum Gasteiger partial charge on any atom is -0.393 e. The van der Waals surface area contributed by atoms with Crippen molar-refractivity contribution >= 4 is 11.6 Å². The summed E-state index contributed by atoms with van der Waals surface area (Å²) in [5.41, 5.74) is 1.87. The topological polar surface area (TPSA) is 92.4 Å². The Morgan fingerprint density at radius 3 is 2.41 bits per heavy atom. The fraction of sp³-hybridized carbons (Fsp3) is 0.286. The van der Waals surface area contributed by atoms with Gasteiger partial charge in [0.1, 0.15) is 12.3 Å². The van der Waals surface area contributed by atoms with E-state index in [1.54, 1.807) is 41.4 Å². The SMILES string of the molecule is C[C@@H](O)[C@H](CC(=O)c1ccc(C#CC#Cc2cncn2C)cc1)C(=O)CO. The van der Waals surface area contributed by atoms with Crippen LogP contribution in [0.15, 0.2) is 36.8 Å². The molecule has 1 aromatic heterocycles. The summed E-state index contributed by atoms with van der Waals surface area (Å²) < 4.78 is 1.79. The third-order valence-corrected chi connectivity index (χ3v) is 4.04. The van der Waals surface area contributed by atoms with Crippen molar-refractivity contribution in [1.82, 2.24) is 9.55 Å². The molecule has 1 heterocycles. The molecule has 0 spiro atoms. The number of aliphatic hydroxyl groups excluding tert-OH is 2. The molecule has 0 aliphatic rings. The molecule has 2 rings (SSSR count). The molecule has 0 fully saturated rings. The number of nitrogens with zero attached hydrogens (tertiary/aromatic N) is 2. The van der Waals surface area contributed by atoms with Crippen molar-refractivity contribution in [2.45, 2.75) is 19.4 Å². The Labute approximate surface area is 157 Å². The van der Waals surface area contributed by atoms with Crippen LogP contribution in [0.4, 0.5) is 0 Å². The number of carbonyl (C=O) groups excluding carboxylic acids is 2. The van der Waals surface area contributed by atoms with Gasteiger partial charge in [-0.05, 0) is 36.8 Å². The summed E-state index contributed by atoms with van der Waals surface area (Å²) in [5.74, 6) is 9.52. The smallest absolute Gasteiger partial charge is 0.164 e. The normalized spacial score (nSPS) is 12.1. The fourth-order valence-electron chi connectivity index (χ4n) is 2.40. The largest absolute Gasteiger partial charge is 0.393 e. The molecule has 2 N–H and O–H groups in total. The molecule has 0 saturated carbocycles. The predicted molar refractivity (Wildman–Crippen MR) is 99.6 cm³/mol. The Balaban J connectivity index is 2.04. The lowest BCUT2D eigenvalue weighted by molar-refractivity contribution is -0.128. The van der Waals surface area contributed by atoms with Crippen molar-refractivity contribution in [2.75, 3.05) is 6.61 Å². The van der Waals surface area contributed by atoms with E-state index in [0.717, 1.165) is 5.69 Å².